The molecule has 0 saturated heterocycles. The number of aryl methyl sites for hydroxylation is 1. The molecule has 0 unspecified atom stereocenters. The van der Waals surface area contributed by atoms with Crippen molar-refractivity contribution in [1.29, 1.82) is 0 Å². The van der Waals surface area contributed by atoms with Crippen molar-refractivity contribution in [3.05, 3.63) is 35.5 Å². The van der Waals surface area contributed by atoms with E-state index in [9.17, 15) is 4.39 Å². The van der Waals surface area contributed by atoms with Crippen LogP contribution in [0.4, 0.5) is 4.39 Å². The van der Waals surface area contributed by atoms with Gasteiger partial charge in [-0.15, -0.1) is 0 Å². The molecular formula is C15H18FN3O. The summed E-state index contributed by atoms with van der Waals surface area (Å²) in [6.45, 7) is 2.41. The van der Waals surface area contributed by atoms with Gasteiger partial charge in [0.05, 0.1) is 5.41 Å². The Labute approximate surface area is 117 Å². The van der Waals surface area contributed by atoms with Crippen molar-refractivity contribution < 1.29 is 8.91 Å². The second-order valence-corrected chi connectivity index (χ2v) is 5.57. The zero-order chi connectivity index (χ0) is 14.2. The minimum absolute atomic E-state index is 0.188. The molecule has 1 aromatic heterocycles. The first-order valence-electron chi connectivity index (χ1n) is 6.95. The number of halogens is 1. The maximum atomic E-state index is 13.4. The highest BCUT2D eigenvalue weighted by atomic mass is 19.1. The van der Waals surface area contributed by atoms with Crippen molar-refractivity contribution in [1.82, 2.24) is 10.1 Å². The van der Waals surface area contributed by atoms with Crippen molar-refractivity contribution in [3.8, 4) is 11.4 Å². The Bertz CT molecular complexity index is 617. The molecule has 1 aliphatic carbocycles. The van der Waals surface area contributed by atoms with Gasteiger partial charge in [0.2, 0.25) is 11.7 Å². The zero-order valence-corrected chi connectivity index (χ0v) is 11.5. The normalized spacial score (nSPS) is 17.6. The summed E-state index contributed by atoms with van der Waals surface area (Å²) >= 11 is 0. The van der Waals surface area contributed by atoms with Crippen LogP contribution in [0.25, 0.3) is 11.4 Å². The van der Waals surface area contributed by atoms with E-state index in [2.05, 4.69) is 10.1 Å². The van der Waals surface area contributed by atoms with Gasteiger partial charge in [0.1, 0.15) is 5.82 Å². The number of benzene rings is 1. The fourth-order valence-corrected chi connectivity index (χ4v) is 2.94. The van der Waals surface area contributed by atoms with Crippen LogP contribution in [0.1, 0.15) is 37.1 Å². The van der Waals surface area contributed by atoms with E-state index in [1.807, 2.05) is 6.92 Å². The van der Waals surface area contributed by atoms with Gasteiger partial charge < -0.3 is 10.3 Å². The molecular weight excluding hydrogens is 257 g/mol. The predicted octanol–water partition coefficient (Wildman–Crippen LogP) is 2.95. The summed E-state index contributed by atoms with van der Waals surface area (Å²) in [6, 6.07) is 4.58. The lowest BCUT2D eigenvalue weighted by Gasteiger charge is -2.21. The first kappa shape index (κ1) is 13.2. The fourth-order valence-electron chi connectivity index (χ4n) is 2.94. The molecule has 0 amide bonds. The molecule has 0 radical (unpaired) electrons. The van der Waals surface area contributed by atoms with Crippen molar-refractivity contribution in [3.63, 3.8) is 0 Å². The molecule has 0 spiro atoms. The first-order valence-corrected chi connectivity index (χ1v) is 6.95. The summed E-state index contributed by atoms with van der Waals surface area (Å²) in [6.07, 6.45) is 4.22. The van der Waals surface area contributed by atoms with Gasteiger partial charge in [0.15, 0.2) is 0 Å². The predicted molar refractivity (Wildman–Crippen MR) is 73.6 cm³/mol. The average Bonchev–Trinajstić information content (AvgIpc) is 3.10. The molecule has 4 nitrogen and oxygen atoms in total. The van der Waals surface area contributed by atoms with Crippen LogP contribution in [0.2, 0.25) is 0 Å². The minimum atomic E-state index is -0.300. The third kappa shape index (κ3) is 2.12. The number of nitrogens with two attached hydrogens (primary N) is 1. The molecule has 0 bridgehead atoms. The molecule has 0 aliphatic heterocycles. The van der Waals surface area contributed by atoms with E-state index in [1.165, 1.54) is 12.1 Å². The van der Waals surface area contributed by atoms with Crippen molar-refractivity contribution in [2.75, 3.05) is 6.54 Å². The van der Waals surface area contributed by atoms with E-state index in [0.717, 1.165) is 31.2 Å². The number of nitrogens with zero attached hydrogens (tertiary/aromatic N) is 2. The summed E-state index contributed by atoms with van der Waals surface area (Å²) in [5, 5.41) is 4.02. The molecule has 0 atom stereocenters. The SMILES string of the molecule is Cc1ccc(F)cc1-c1noc(C2(CN)CCCC2)n1. The quantitative estimate of drug-likeness (QED) is 0.935. The van der Waals surface area contributed by atoms with Gasteiger partial charge >= 0.3 is 0 Å². The Morgan fingerprint density at radius 2 is 2.10 bits per heavy atom. The van der Waals surface area contributed by atoms with Gasteiger partial charge in [0, 0.05) is 12.1 Å². The van der Waals surface area contributed by atoms with Crippen LogP contribution in [-0.2, 0) is 5.41 Å². The highest BCUT2D eigenvalue weighted by Gasteiger charge is 2.39. The summed E-state index contributed by atoms with van der Waals surface area (Å²) in [5.74, 6) is 0.735. The molecule has 106 valence electrons. The second-order valence-electron chi connectivity index (χ2n) is 5.57. The van der Waals surface area contributed by atoms with Crippen LogP contribution in [0.3, 0.4) is 0 Å². The van der Waals surface area contributed by atoms with Crippen LogP contribution in [-0.4, -0.2) is 16.7 Å². The molecule has 2 N–H and O–H groups in total. The smallest absolute Gasteiger partial charge is 0.234 e. The van der Waals surface area contributed by atoms with Gasteiger partial charge in [0.25, 0.3) is 0 Å². The second kappa shape index (κ2) is 4.98. The average molecular weight is 275 g/mol. The molecule has 1 aromatic carbocycles. The zero-order valence-electron chi connectivity index (χ0n) is 11.5. The highest BCUT2D eigenvalue weighted by molar-refractivity contribution is 5.59. The fraction of sp³-hybridized carbons (Fsp3) is 0.467. The van der Waals surface area contributed by atoms with Gasteiger partial charge in [-0.3, -0.25) is 0 Å². The largest absolute Gasteiger partial charge is 0.338 e. The molecule has 5 heteroatoms. The highest BCUT2D eigenvalue weighted by Crippen LogP contribution is 2.40. The van der Waals surface area contributed by atoms with Crippen molar-refractivity contribution in [2.45, 2.75) is 38.0 Å². The third-order valence-electron chi connectivity index (χ3n) is 4.27. The number of hydrogen-bond donors (Lipinski definition) is 1. The van der Waals surface area contributed by atoms with Gasteiger partial charge in [-0.1, -0.05) is 24.1 Å². The molecule has 20 heavy (non-hydrogen) atoms. The topological polar surface area (TPSA) is 64.9 Å². The van der Waals surface area contributed by atoms with Gasteiger partial charge in [-0.2, -0.15) is 4.98 Å². The maximum Gasteiger partial charge on any atom is 0.234 e. The lowest BCUT2D eigenvalue weighted by molar-refractivity contribution is 0.284. The van der Waals surface area contributed by atoms with E-state index in [4.69, 9.17) is 10.3 Å². The molecule has 1 heterocycles. The van der Waals surface area contributed by atoms with E-state index in [-0.39, 0.29) is 11.2 Å². The Morgan fingerprint density at radius 3 is 2.80 bits per heavy atom. The van der Waals surface area contributed by atoms with Crippen LogP contribution >= 0.6 is 0 Å². The van der Waals surface area contributed by atoms with E-state index >= 15 is 0 Å². The Kier molecular flexibility index (Phi) is 3.30. The van der Waals surface area contributed by atoms with Crippen LogP contribution < -0.4 is 5.73 Å². The Balaban J connectivity index is 2.00. The van der Waals surface area contributed by atoms with Crippen molar-refractivity contribution >= 4 is 0 Å². The van der Waals surface area contributed by atoms with Crippen LogP contribution in [0.15, 0.2) is 22.7 Å². The van der Waals surface area contributed by atoms with E-state index < -0.39 is 0 Å². The van der Waals surface area contributed by atoms with Gasteiger partial charge in [-0.25, -0.2) is 4.39 Å². The first-order chi connectivity index (χ1) is 9.64. The molecule has 1 aliphatic rings. The number of rotatable bonds is 3. The lowest BCUT2D eigenvalue weighted by Crippen LogP contribution is -2.32. The summed E-state index contributed by atoms with van der Waals surface area (Å²) in [7, 11) is 0. The molecule has 3 rings (SSSR count). The summed E-state index contributed by atoms with van der Waals surface area (Å²) in [4.78, 5) is 4.48. The third-order valence-corrected chi connectivity index (χ3v) is 4.27. The summed E-state index contributed by atoms with van der Waals surface area (Å²) in [5.41, 5.74) is 7.32. The standard InChI is InChI=1S/C15H18FN3O/c1-10-4-5-11(16)8-12(10)13-18-14(20-19-13)15(9-17)6-2-3-7-15/h4-5,8H,2-3,6-7,9,17H2,1H3. The number of hydrogen-bond acceptors (Lipinski definition) is 4. The van der Waals surface area contributed by atoms with Crippen LogP contribution in [0.5, 0.6) is 0 Å². The van der Waals surface area contributed by atoms with E-state index in [1.54, 1.807) is 6.07 Å². The number of aromatic nitrogens is 2. The maximum absolute atomic E-state index is 13.4. The summed E-state index contributed by atoms with van der Waals surface area (Å²) < 4.78 is 18.8. The Hall–Kier alpha value is -1.75. The Morgan fingerprint density at radius 1 is 1.35 bits per heavy atom. The molecule has 1 fully saturated rings. The molecule has 1 saturated carbocycles. The lowest BCUT2D eigenvalue weighted by atomic mass is 9.86. The van der Waals surface area contributed by atoms with E-state index in [0.29, 0.717) is 23.8 Å². The monoisotopic (exact) mass is 275 g/mol. The minimum Gasteiger partial charge on any atom is -0.338 e. The molecule has 2 aromatic rings. The van der Waals surface area contributed by atoms with Gasteiger partial charge in [-0.05, 0) is 37.5 Å². The van der Waals surface area contributed by atoms with Crippen molar-refractivity contribution in [2.24, 2.45) is 5.73 Å². The van der Waals surface area contributed by atoms with Crippen LogP contribution in [0, 0.1) is 12.7 Å².